The molecule has 2 heterocycles. The highest BCUT2D eigenvalue weighted by Crippen LogP contribution is 2.30. The highest BCUT2D eigenvalue weighted by atomic mass is 32.2. The first-order valence-electron chi connectivity index (χ1n) is 15.8. The number of hydrogen-bond donors (Lipinski definition) is 6. The fraction of sp³-hybridized carbons (Fsp3) is 0.600. The van der Waals surface area contributed by atoms with Crippen molar-refractivity contribution in [2.75, 3.05) is 32.1 Å². The first kappa shape index (κ1) is 40.1. The second kappa shape index (κ2) is 19.1. The standard InChI is InChI=1S/C30H41N3O16S/c34-17-46-15-18-6-7-19(48-30-27(39)21(35)14-23(49-30)29(41)42)13-22(18)47-12-4-10-31-28(40)20(16-50(43,44)45)32-24(36)5-2-1-3-11-33-25(37)8-9-26(33)38/h8-9,13,17,20-21,23,27,30,35,39H,1-7,10-12,14-16H2,(H,31,40)(H,32,36)(H,41,42)(H,43,44,45)/t20-,21-,23-,27+,30+/m0/s1. The predicted molar refractivity (Wildman–Crippen MR) is 167 cm³/mol. The quantitative estimate of drug-likeness (QED) is 0.0336. The molecule has 3 aliphatic rings. The molecule has 4 amide bonds. The molecule has 0 unspecified atom stereocenters. The van der Waals surface area contributed by atoms with Crippen LogP contribution < -0.4 is 10.6 Å². The lowest BCUT2D eigenvalue weighted by atomic mass is 10.0. The lowest BCUT2D eigenvalue weighted by Crippen LogP contribution is -2.51. The van der Waals surface area contributed by atoms with Crippen LogP contribution in [0, 0.1) is 0 Å². The minimum Gasteiger partial charge on any atom is -0.493 e. The van der Waals surface area contributed by atoms with E-state index >= 15 is 0 Å². The maximum Gasteiger partial charge on any atom is 0.333 e. The number of aliphatic carboxylic acids is 1. The van der Waals surface area contributed by atoms with Crippen LogP contribution in [-0.4, -0.2) is 132 Å². The third-order valence-electron chi connectivity index (χ3n) is 7.70. The van der Waals surface area contributed by atoms with E-state index in [2.05, 4.69) is 10.6 Å². The molecular weight excluding hydrogens is 690 g/mol. The number of nitrogens with one attached hydrogen (secondary N) is 2. The van der Waals surface area contributed by atoms with Crippen molar-refractivity contribution >= 4 is 46.2 Å². The van der Waals surface area contributed by atoms with Crippen LogP contribution in [-0.2, 0) is 57.8 Å². The van der Waals surface area contributed by atoms with Gasteiger partial charge in [-0.25, -0.2) is 4.79 Å². The minimum atomic E-state index is -4.66. The zero-order valence-electron chi connectivity index (χ0n) is 26.9. The fourth-order valence-electron chi connectivity index (χ4n) is 5.11. The van der Waals surface area contributed by atoms with Crippen LogP contribution in [0.25, 0.3) is 0 Å². The van der Waals surface area contributed by atoms with Crippen molar-refractivity contribution in [2.24, 2.45) is 0 Å². The van der Waals surface area contributed by atoms with Gasteiger partial charge in [0.25, 0.3) is 28.4 Å². The molecule has 50 heavy (non-hydrogen) atoms. The van der Waals surface area contributed by atoms with E-state index in [1.165, 1.54) is 18.2 Å². The van der Waals surface area contributed by atoms with Crippen LogP contribution in [0.1, 0.15) is 51.4 Å². The Morgan fingerprint density at radius 2 is 1.80 bits per heavy atom. The van der Waals surface area contributed by atoms with Crippen molar-refractivity contribution in [3.05, 3.63) is 35.3 Å². The fourth-order valence-corrected chi connectivity index (χ4v) is 5.76. The van der Waals surface area contributed by atoms with Crippen LogP contribution in [0.4, 0.5) is 0 Å². The van der Waals surface area contributed by atoms with Gasteiger partial charge in [-0.15, -0.1) is 0 Å². The van der Waals surface area contributed by atoms with E-state index in [0.717, 1.165) is 4.90 Å². The first-order chi connectivity index (χ1) is 23.7. The molecule has 0 aromatic carbocycles. The number of rotatable bonds is 21. The van der Waals surface area contributed by atoms with Crippen molar-refractivity contribution in [3.63, 3.8) is 0 Å². The van der Waals surface area contributed by atoms with Gasteiger partial charge in [0.15, 0.2) is 6.10 Å². The molecule has 0 radical (unpaired) electrons. The molecule has 0 aromatic heterocycles. The summed E-state index contributed by atoms with van der Waals surface area (Å²) in [5.41, 5.74) is 0.563. The number of carbonyl (C=O) groups excluding carboxylic acids is 5. The number of carboxylic acid groups (broad SMARTS) is 1. The van der Waals surface area contributed by atoms with E-state index in [1.807, 2.05) is 0 Å². The lowest BCUT2D eigenvalue weighted by molar-refractivity contribution is -0.255. The molecule has 0 bridgehead atoms. The van der Waals surface area contributed by atoms with Crippen molar-refractivity contribution in [1.29, 1.82) is 0 Å². The number of ether oxygens (including phenoxy) is 4. The number of amides is 4. The van der Waals surface area contributed by atoms with Crippen molar-refractivity contribution < 1.29 is 76.0 Å². The van der Waals surface area contributed by atoms with E-state index in [4.69, 9.17) is 18.9 Å². The summed E-state index contributed by atoms with van der Waals surface area (Å²) >= 11 is 0. The van der Waals surface area contributed by atoms with E-state index in [-0.39, 0.29) is 76.4 Å². The van der Waals surface area contributed by atoms with Gasteiger partial charge in [-0.3, -0.25) is 33.4 Å². The highest BCUT2D eigenvalue weighted by molar-refractivity contribution is 7.85. The lowest BCUT2D eigenvalue weighted by Gasteiger charge is -2.36. The number of carbonyl (C=O) groups is 6. The van der Waals surface area contributed by atoms with Crippen molar-refractivity contribution in [2.45, 2.75) is 82.0 Å². The van der Waals surface area contributed by atoms with Crippen LogP contribution >= 0.6 is 0 Å². The summed E-state index contributed by atoms with van der Waals surface area (Å²) < 4.78 is 53.9. The average molecular weight is 732 g/mol. The SMILES string of the molecule is O=COCC1=C(OCCCNC(=O)[C@H](CS(=O)(=O)O)NC(=O)CCCCCN2C(=O)C=CC2=O)C=C(O[C@@H]2O[C@H](C(=O)O)C[C@H](O)[C@H]2O)CC1. The van der Waals surface area contributed by atoms with E-state index in [1.54, 1.807) is 0 Å². The Bertz CT molecular complexity index is 1460. The van der Waals surface area contributed by atoms with Gasteiger partial charge >= 0.3 is 5.97 Å². The summed E-state index contributed by atoms with van der Waals surface area (Å²) in [5.74, 6) is -4.31. The highest BCUT2D eigenvalue weighted by Gasteiger charge is 2.41. The zero-order chi connectivity index (χ0) is 36.8. The number of imide groups is 1. The second-order valence-electron chi connectivity index (χ2n) is 11.6. The Labute approximate surface area is 287 Å². The summed E-state index contributed by atoms with van der Waals surface area (Å²) in [5, 5.41) is 34.3. The normalized spacial score (nSPS) is 22.9. The van der Waals surface area contributed by atoms with Gasteiger partial charge in [-0.05, 0) is 25.7 Å². The molecule has 0 spiro atoms. The van der Waals surface area contributed by atoms with Crippen molar-refractivity contribution in [1.82, 2.24) is 15.5 Å². The Hall–Kier alpha value is -4.37. The van der Waals surface area contributed by atoms with Gasteiger partial charge in [0.2, 0.25) is 18.1 Å². The third kappa shape index (κ3) is 12.8. The molecule has 278 valence electrons. The van der Waals surface area contributed by atoms with Gasteiger partial charge in [0.1, 0.15) is 36.0 Å². The number of unbranched alkanes of at least 4 members (excludes halogenated alkanes) is 2. The van der Waals surface area contributed by atoms with Gasteiger partial charge < -0.3 is 44.9 Å². The molecule has 6 N–H and O–H groups in total. The average Bonchev–Trinajstić information content (AvgIpc) is 3.37. The maximum atomic E-state index is 12.7. The second-order valence-corrected chi connectivity index (χ2v) is 13.1. The molecule has 2 aliphatic heterocycles. The molecule has 1 aliphatic carbocycles. The molecule has 3 rings (SSSR count). The Kier molecular flexibility index (Phi) is 15.3. The minimum absolute atomic E-state index is 0.0215. The van der Waals surface area contributed by atoms with E-state index in [0.29, 0.717) is 24.8 Å². The predicted octanol–water partition coefficient (Wildman–Crippen LogP) is -1.59. The van der Waals surface area contributed by atoms with E-state index in [9.17, 15) is 57.1 Å². The Morgan fingerprint density at radius 3 is 2.46 bits per heavy atom. The molecule has 20 heteroatoms. The van der Waals surface area contributed by atoms with E-state index < -0.39 is 76.1 Å². The Balaban J connectivity index is 1.48. The number of aliphatic hydroxyl groups is 2. The smallest absolute Gasteiger partial charge is 0.333 e. The summed E-state index contributed by atoms with van der Waals surface area (Å²) in [4.78, 5) is 71.5. The maximum absolute atomic E-state index is 12.7. The monoisotopic (exact) mass is 731 g/mol. The van der Waals surface area contributed by atoms with Crippen LogP contribution in [0.5, 0.6) is 0 Å². The van der Waals surface area contributed by atoms with Gasteiger partial charge in [-0.1, -0.05) is 6.42 Å². The van der Waals surface area contributed by atoms with Gasteiger partial charge in [0, 0.05) is 56.2 Å². The zero-order valence-corrected chi connectivity index (χ0v) is 27.7. The molecule has 1 saturated heterocycles. The summed E-state index contributed by atoms with van der Waals surface area (Å²) in [6.07, 6.45) is -0.554. The first-order valence-corrected chi connectivity index (χ1v) is 17.4. The van der Waals surface area contributed by atoms with Crippen molar-refractivity contribution in [3.8, 4) is 0 Å². The molecule has 1 fully saturated rings. The number of aliphatic hydroxyl groups excluding tert-OH is 2. The summed E-state index contributed by atoms with van der Waals surface area (Å²) in [7, 11) is -4.66. The van der Waals surface area contributed by atoms with Crippen LogP contribution in [0.15, 0.2) is 35.3 Å². The molecule has 5 atom stereocenters. The van der Waals surface area contributed by atoms with Crippen LogP contribution in [0.3, 0.4) is 0 Å². The third-order valence-corrected chi connectivity index (χ3v) is 8.46. The molecule has 0 aromatic rings. The summed E-state index contributed by atoms with van der Waals surface area (Å²) in [6.45, 7) is 0.244. The van der Waals surface area contributed by atoms with Gasteiger partial charge in [0.05, 0.1) is 12.7 Å². The number of nitrogens with zero attached hydrogens (tertiary/aromatic N) is 1. The van der Waals surface area contributed by atoms with Gasteiger partial charge in [-0.2, -0.15) is 8.42 Å². The molecule has 19 nitrogen and oxygen atoms in total. The Morgan fingerprint density at radius 1 is 1.08 bits per heavy atom. The largest absolute Gasteiger partial charge is 0.493 e. The number of allylic oxidation sites excluding steroid dienone is 2. The number of hydrogen-bond acceptors (Lipinski definition) is 14. The molecule has 0 saturated carbocycles. The topological polar surface area (TPSA) is 282 Å². The summed E-state index contributed by atoms with van der Waals surface area (Å²) in [6, 6.07) is -1.60. The molecular formula is C30H41N3O16S. The van der Waals surface area contributed by atoms with Crippen LogP contribution in [0.2, 0.25) is 0 Å². The number of carboxylic acids is 1.